The molecule has 3 rings (SSSR count). The number of benzene rings is 1. The molecule has 3 atom stereocenters. The second-order valence-corrected chi connectivity index (χ2v) is 11.0. The van der Waals surface area contributed by atoms with Crippen molar-refractivity contribution < 1.29 is 17.9 Å². The Morgan fingerprint density at radius 1 is 1.03 bits per heavy atom. The van der Waals surface area contributed by atoms with E-state index in [1.54, 1.807) is 12.1 Å². The largest absolute Gasteiger partial charge is 0.373 e. The first-order chi connectivity index (χ1) is 14.1. The average Bonchev–Trinajstić information content (AvgIpc) is 2.67. The van der Waals surface area contributed by atoms with Gasteiger partial charge in [0, 0.05) is 44.3 Å². The molecule has 2 fully saturated rings. The van der Waals surface area contributed by atoms with E-state index in [-0.39, 0.29) is 48.1 Å². The maximum absolute atomic E-state index is 13.4. The highest BCUT2D eigenvalue weighted by atomic mass is 35.5. The zero-order valence-corrected chi connectivity index (χ0v) is 19.7. The van der Waals surface area contributed by atoms with E-state index < -0.39 is 10.0 Å². The number of ether oxygens (including phenoxy) is 1. The third-order valence-electron chi connectivity index (χ3n) is 5.73. The van der Waals surface area contributed by atoms with Gasteiger partial charge in [-0.05, 0) is 44.0 Å². The molecule has 30 heavy (non-hydrogen) atoms. The van der Waals surface area contributed by atoms with Crippen molar-refractivity contribution in [1.82, 2.24) is 14.1 Å². The van der Waals surface area contributed by atoms with Gasteiger partial charge in [0.05, 0.1) is 23.1 Å². The molecule has 1 amide bonds. The number of nitrogens with zero attached hydrogens (tertiary/aromatic N) is 3. The van der Waals surface area contributed by atoms with Crippen LogP contribution in [0.3, 0.4) is 0 Å². The molecule has 2 aliphatic heterocycles. The van der Waals surface area contributed by atoms with Gasteiger partial charge in [0.25, 0.3) is 0 Å². The molecule has 9 heteroatoms. The molecule has 1 aromatic rings. The lowest BCUT2D eigenvalue weighted by Gasteiger charge is -2.43. The highest BCUT2D eigenvalue weighted by Crippen LogP contribution is 2.23. The van der Waals surface area contributed by atoms with Crippen molar-refractivity contribution >= 4 is 27.5 Å². The van der Waals surface area contributed by atoms with E-state index in [1.807, 2.05) is 18.7 Å². The lowest BCUT2D eigenvalue weighted by molar-refractivity contribution is -0.146. The van der Waals surface area contributed by atoms with Gasteiger partial charge in [0.2, 0.25) is 15.9 Å². The first-order valence-corrected chi connectivity index (χ1v) is 12.4. The summed E-state index contributed by atoms with van der Waals surface area (Å²) in [4.78, 5) is 17.6. The highest BCUT2D eigenvalue weighted by Gasteiger charge is 2.38. The number of hydrogen-bond donors (Lipinski definition) is 0. The Labute approximate surface area is 185 Å². The molecule has 7 nitrogen and oxygen atoms in total. The van der Waals surface area contributed by atoms with Gasteiger partial charge >= 0.3 is 0 Å². The molecule has 2 saturated heterocycles. The monoisotopic (exact) mass is 457 g/mol. The number of piperazine rings is 1. The Morgan fingerprint density at radius 2 is 1.57 bits per heavy atom. The summed E-state index contributed by atoms with van der Waals surface area (Å²) in [5.74, 6) is 0.237. The summed E-state index contributed by atoms with van der Waals surface area (Å²) in [6.07, 6.45) is 0.174. The fourth-order valence-electron chi connectivity index (χ4n) is 4.40. The summed E-state index contributed by atoms with van der Waals surface area (Å²) in [5, 5.41) is 0.496. The Bertz CT molecular complexity index is 828. The molecule has 0 N–H and O–H groups in total. The van der Waals surface area contributed by atoms with E-state index in [0.717, 1.165) is 13.1 Å². The average molecular weight is 458 g/mol. The van der Waals surface area contributed by atoms with E-state index in [9.17, 15) is 13.2 Å². The fourth-order valence-corrected chi connectivity index (χ4v) is 5.95. The van der Waals surface area contributed by atoms with Crippen LogP contribution in [0, 0.1) is 5.92 Å². The van der Waals surface area contributed by atoms with Gasteiger partial charge in [-0.1, -0.05) is 25.4 Å². The minimum absolute atomic E-state index is 0.0786. The van der Waals surface area contributed by atoms with Crippen LogP contribution in [0.25, 0.3) is 0 Å². The molecular weight excluding hydrogens is 426 g/mol. The van der Waals surface area contributed by atoms with Crippen LogP contribution >= 0.6 is 11.6 Å². The predicted octanol–water partition coefficient (Wildman–Crippen LogP) is 2.31. The number of rotatable bonds is 5. The molecule has 0 bridgehead atoms. The summed E-state index contributed by atoms with van der Waals surface area (Å²) >= 11 is 5.87. The van der Waals surface area contributed by atoms with E-state index in [2.05, 4.69) is 18.7 Å². The Kier molecular flexibility index (Phi) is 7.45. The van der Waals surface area contributed by atoms with Crippen molar-refractivity contribution in [3.63, 3.8) is 0 Å². The van der Waals surface area contributed by atoms with Gasteiger partial charge in [0.15, 0.2) is 0 Å². The zero-order chi connectivity index (χ0) is 22.1. The van der Waals surface area contributed by atoms with Crippen molar-refractivity contribution in [3.8, 4) is 0 Å². The van der Waals surface area contributed by atoms with Crippen LogP contribution in [-0.4, -0.2) is 85.9 Å². The first-order valence-electron chi connectivity index (χ1n) is 10.5. The molecule has 0 aromatic heterocycles. The summed E-state index contributed by atoms with van der Waals surface area (Å²) < 4.78 is 33.1. The molecule has 168 valence electrons. The van der Waals surface area contributed by atoms with Crippen LogP contribution in [0.5, 0.6) is 0 Å². The normalized spacial score (nSPS) is 25.5. The second kappa shape index (κ2) is 9.53. The number of morpholine rings is 1. The third kappa shape index (κ3) is 5.16. The van der Waals surface area contributed by atoms with Crippen molar-refractivity contribution in [3.05, 3.63) is 29.3 Å². The van der Waals surface area contributed by atoms with Gasteiger partial charge < -0.3 is 9.64 Å². The molecule has 0 saturated carbocycles. The molecule has 0 radical (unpaired) electrons. The van der Waals surface area contributed by atoms with E-state index in [0.29, 0.717) is 18.1 Å². The number of halogens is 1. The minimum atomic E-state index is -3.59. The summed E-state index contributed by atoms with van der Waals surface area (Å²) in [5.41, 5.74) is 0. The summed E-state index contributed by atoms with van der Waals surface area (Å²) in [6.45, 7) is 11.0. The van der Waals surface area contributed by atoms with Crippen LogP contribution in [0.2, 0.25) is 5.02 Å². The van der Waals surface area contributed by atoms with Crippen LogP contribution < -0.4 is 0 Å². The Hall–Kier alpha value is -1.19. The minimum Gasteiger partial charge on any atom is -0.373 e. The smallest absolute Gasteiger partial charge is 0.243 e. The van der Waals surface area contributed by atoms with Crippen molar-refractivity contribution in [2.24, 2.45) is 5.92 Å². The fraction of sp³-hybridized carbons (Fsp3) is 0.667. The zero-order valence-electron chi connectivity index (χ0n) is 18.1. The number of hydrogen-bond acceptors (Lipinski definition) is 5. The van der Waals surface area contributed by atoms with Gasteiger partial charge in [-0.25, -0.2) is 8.42 Å². The predicted molar refractivity (Wildman–Crippen MR) is 117 cm³/mol. The molecule has 0 aliphatic carbocycles. The SMILES string of the molecule is CC1CN(C(C(=O)N2CCN(S(=O)(=O)c3ccc(Cl)cc3)CC2)C(C)C)CC(C)O1. The standard InChI is InChI=1S/C21H32ClN3O4S/c1-15(2)20(24-13-16(3)29-17(4)14-24)21(26)23-9-11-25(12-10-23)30(27,28)19-7-5-18(22)6-8-19/h5-8,15-17,20H,9-14H2,1-4H3. The summed E-state index contributed by atoms with van der Waals surface area (Å²) in [7, 11) is -3.59. The highest BCUT2D eigenvalue weighted by molar-refractivity contribution is 7.89. The summed E-state index contributed by atoms with van der Waals surface area (Å²) in [6, 6.07) is 5.96. The van der Waals surface area contributed by atoms with E-state index >= 15 is 0 Å². The maximum atomic E-state index is 13.4. The number of carbonyl (C=O) groups is 1. The maximum Gasteiger partial charge on any atom is 0.243 e. The number of sulfonamides is 1. The number of carbonyl (C=O) groups excluding carboxylic acids is 1. The first kappa shape index (κ1) is 23.5. The molecular formula is C21H32ClN3O4S. The molecule has 3 unspecified atom stereocenters. The Morgan fingerprint density at radius 3 is 2.07 bits per heavy atom. The number of amides is 1. The lowest BCUT2D eigenvalue weighted by Crippen LogP contribution is -2.60. The Balaban J connectivity index is 1.67. The van der Waals surface area contributed by atoms with Crippen LogP contribution in [0.15, 0.2) is 29.2 Å². The van der Waals surface area contributed by atoms with Gasteiger partial charge in [0.1, 0.15) is 0 Å². The third-order valence-corrected chi connectivity index (χ3v) is 7.89. The van der Waals surface area contributed by atoms with Gasteiger partial charge in [-0.2, -0.15) is 4.31 Å². The topological polar surface area (TPSA) is 70.2 Å². The molecule has 2 heterocycles. The van der Waals surface area contributed by atoms with Crippen molar-refractivity contribution in [2.75, 3.05) is 39.3 Å². The van der Waals surface area contributed by atoms with Crippen molar-refractivity contribution in [2.45, 2.75) is 50.8 Å². The van der Waals surface area contributed by atoms with Gasteiger partial charge in [-0.15, -0.1) is 0 Å². The van der Waals surface area contributed by atoms with Crippen molar-refractivity contribution in [1.29, 1.82) is 0 Å². The lowest BCUT2D eigenvalue weighted by atomic mass is 9.98. The molecule has 1 aromatic carbocycles. The van der Waals surface area contributed by atoms with Gasteiger partial charge in [-0.3, -0.25) is 9.69 Å². The van der Waals surface area contributed by atoms with Crippen LogP contribution in [-0.2, 0) is 19.6 Å². The molecule has 0 spiro atoms. The van der Waals surface area contributed by atoms with Crippen LogP contribution in [0.4, 0.5) is 0 Å². The quantitative estimate of drug-likeness (QED) is 0.678. The molecule has 2 aliphatic rings. The van der Waals surface area contributed by atoms with Crippen LogP contribution in [0.1, 0.15) is 27.7 Å². The van der Waals surface area contributed by atoms with E-state index in [4.69, 9.17) is 16.3 Å². The van der Waals surface area contributed by atoms with E-state index in [1.165, 1.54) is 16.4 Å². The second-order valence-electron chi connectivity index (χ2n) is 8.58.